The molecule has 0 aromatic carbocycles. The normalized spacial score (nSPS) is 16.3. The van der Waals surface area contributed by atoms with Gasteiger partial charge in [0.05, 0.1) is 162 Å². The minimum absolute atomic E-state index is 0.0193. The van der Waals surface area contributed by atoms with Crippen molar-refractivity contribution in [2.24, 2.45) is 29.6 Å². The maximum atomic E-state index is 12.5. The summed E-state index contributed by atoms with van der Waals surface area (Å²) in [7, 11) is 0. The molecular formula is C85H90N30O10. The lowest BCUT2D eigenvalue weighted by Gasteiger charge is -2.21. The number of rotatable bonds is 20. The van der Waals surface area contributed by atoms with Crippen LogP contribution in [0.4, 0.5) is 0 Å². The van der Waals surface area contributed by atoms with Crippen molar-refractivity contribution in [3.63, 3.8) is 0 Å². The average molecular weight is 1690 g/mol. The summed E-state index contributed by atoms with van der Waals surface area (Å²) in [5.41, 5.74) is 5.20. The number of nitrogens with one attached hydrogen (secondary N) is 10. The first kappa shape index (κ1) is 83.3. The molecule has 0 radical (unpaired) electrons. The van der Waals surface area contributed by atoms with E-state index in [4.69, 9.17) is 0 Å². The molecule has 0 bridgehead atoms. The highest BCUT2D eigenvalue weighted by Gasteiger charge is 2.34. The van der Waals surface area contributed by atoms with Gasteiger partial charge in [0, 0.05) is 88.4 Å². The van der Waals surface area contributed by atoms with Gasteiger partial charge in [0.2, 0.25) is 5.88 Å². The lowest BCUT2D eigenvalue weighted by Crippen LogP contribution is -2.19. The quantitative estimate of drug-likeness (QED) is 0.0337. The van der Waals surface area contributed by atoms with E-state index in [9.17, 15) is 75.8 Å². The molecule has 5 atom stereocenters. The smallest absolute Gasteiger partial charge is 0.347 e. The second-order valence-electron chi connectivity index (χ2n) is 32.5. The summed E-state index contributed by atoms with van der Waals surface area (Å²) < 4.78 is 9.01. The Bertz CT molecular complexity index is 6900. The van der Waals surface area contributed by atoms with Gasteiger partial charge < -0.3 is 65.4 Å². The Kier molecular flexibility index (Phi) is 24.6. The molecule has 15 aromatic rings. The predicted octanol–water partition coefficient (Wildman–Crippen LogP) is 12.3. The molecule has 5 fully saturated rings. The number of aromatic nitrogens is 25. The minimum Gasteiger partial charge on any atom is -0.506 e. The van der Waals surface area contributed by atoms with Gasteiger partial charge in [0.15, 0.2) is 17.5 Å². The molecule has 5 aliphatic carbocycles. The molecule has 0 aliphatic heterocycles. The Labute approximate surface area is 708 Å². The number of fused-ring (bicyclic) bond motifs is 5. The second-order valence-corrected chi connectivity index (χ2v) is 32.5. The zero-order valence-electron chi connectivity index (χ0n) is 67.8. The molecule has 40 heteroatoms. The Balaban J connectivity index is 0.000000115. The van der Waals surface area contributed by atoms with Crippen molar-refractivity contribution < 1.29 is 25.5 Å². The molecule has 15 aromatic heterocycles. The van der Waals surface area contributed by atoms with Crippen LogP contribution in [0.3, 0.4) is 0 Å². The van der Waals surface area contributed by atoms with Gasteiger partial charge in [0.1, 0.15) is 46.6 Å². The van der Waals surface area contributed by atoms with E-state index in [0.717, 1.165) is 82.6 Å². The summed E-state index contributed by atoms with van der Waals surface area (Å²) in [5.74, 6) is 1.49. The van der Waals surface area contributed by atoms with Gasteiger partial charge in [-0.1, -0.05) is 64.2 Å². The standard InChI is InChI=1S/5C17H18N6O2/c18-7-5-13(10-3-1-2-4-10)23-9-12(16(24)22-23)14-11-6-8-19-15(11)21-17(25)20-14;18-6-5-13(10-3-1-2-4-10)23-9-11(8-19-23)15-12-7-14(24)20-16(12)22-17(25)21-15;18-6-5-13(10-3-1-2-4-10)23-8-12(17(25)22-23)15-11-7-14(24)21-16(11)20-9-19-15;18-6-5-12(10-3-1-2-4-10)23-9-11(7-20-23)15-14-13(24)8-19-16(14)22-17(25)21-15;18-6-5-12(10-3-1-2-4-10)23-8-11(7-21-23)14-13-15(24)17(25)22-16(13)20-9-19-14/h6,8-10,13H,1-5H2,(H,22,24)(H2,19,20,21,25);7-10,13,24H,1-5H2,(H2,20,21,22,25);7-10,13,24H,1-5H2,(H,22,25)(H,19,20,21);7-10,12,24H,1-5H2,(H2,19,21,22,25);7-10,12,24-25H,1-5H2,(H,19,20,22). The molecule has 15 heterocycles. The van der Waals surface area contributed by atoms with Gasteiger partial charge in [0.25, 0.3) is 11.1 Å². The third-order valence-electron chi connectivity index (χ3n) is 25.1. The number of nitriles is 5. The Hall–Kier alpha value is -15.4. The topological polar surface area (TPSA) is 617 Å². The van der Waals surface area contributed by atoms with E-state index in [1.54, 1.807) is 52.6 Å². The second kappa shape index (κ2) is 36.9. The first-order chi connectivity index (χ1) is 60.8. The highest BCUT2D eigenvalue weighted by atomic mass is 16.3. The van der Waals surface area contributed by atoms with Gasteiger partial charge in [-0.15, -0.1) is 0 Å². The average Bonchev–Trinajstić information content (AvgIpc) is 1.64. The van der Waals surface area contributed by atoms with Crippen LogP contribution in [0.25, 0.3) is 111 Å². The first-order valence-corrected chi connectivity index (χ1v) is 41.9. The van der Waals surface area contributed by atoms with E-state index in [1.165, 1.54) is 82.4 Å². The zero-order chi connectivity index (χ0) is 86.9. The van der Waals surface area contributed by atoms with Gasteiger partial charge in [-0.05, 0) is 99.9 Å². The molecule has 5 unspecified atom stereocenters. The minimum atomic E-state index is -0.513. The molecule has 0 amide bonds. The highest BCUT2D eigenvalue weighted by molar-refractivity contribution is 5.98. The van der Waals surface area contributed by atoms with Gasteiger partial charge in [-0.2, -0.15) is 56.6 Å². The van der Waals surface area contributed by atoms with Gasteiger partial charge >= 0.3 is 17.1 Å². The fourth-order valence-corrected chi connectivity index (χ4v) is 19.1. The summed E-state index contributed by atoms with van der Waals surface area (Å²) in [6, 6.07) is 16.1. The number of hydrogen-bond acceptors (Lipinski definition) is 25. The molecule has 5 aliphatic rings. The van der Waals surface area contributed by atoms with Crippen LogP contribution in [0.15, 0.2) is 117 Å². The summed E-state index contributed by atoms with van der Waals surface area (Å²) >= 11 is 0. The van der Waals surface area contributed by atoms with E-state index < -0.39 is 17.1 Å². The number of H-pyrrole nitrogens is 10. The number of nitrogens with zero attached hydrogens (tertiary/aromatic N) is 20. The Morgan fingerprint density at radius 2 is 0.816 bits per heavy atom. The van der Waals surface area contributed by atoms with Crippen molar-refractivity contribution in [1.29, 1.82) is 26.3 Å². The highest BCUT2D eigenvalue weighted by Crippen LogP contribution is 2.44. The molecule has 15 N–H and O–H groups in total. The molecular weight excluding hydrogens is 1600 g/mol. The molecule has 0 saturated heterocycles. The zero-order valence-corrected chi connectivity index (χ0v) is 67.8. The van der Waals surface area contributed by atoms with Crippen LogP contribution in [0, 0.1) is 86.2 Å². The third-order valence-corrected chi connectivity index (χ3v) is 25.1. The van der Waals surface area contributed by atoms with Crippen LogP contribution in [0.2, 0.25) is 0 Å². The van der Waals surface area contributed by atoms with Gasteiger partial charge in [-0.3, -0.25) is 43.2 Å². The number of aromatic amines is 10. The van der Waals surface area contributed by atoms with E-state index in [2.05, 4.69) is 131 Å². The van der Waals surface area contributed by atoms with Crippen molar-refractivity contribution in [2.75, 3.05) is 0 Å². The summed E-state index contributed by atoms with van der Waals surface area (Å²) in [5, 5.41) is 117. The fourth-order valence-electron chi connectivity index (χ4n) is 19.1. The lowest BCUT2D eigenvalue weighted by atomic mass is 9.96. The van der Waals surface area contributed by atoms with E-state index in [1.807, 2.05) is 32.6 Å². The SMILES string of the molecule is N#CCC(C1CCCC1)n1cc(-c2[nH]c(=O)nc3[nH]c(O)cc23)cn1.N#CCC(C1CCCC1)n1cc(-c2[nH]c(=O)nc3[nH]cc(O)c23)cn1.N#CCC(C1CCCC1)n1cc(-c2[nH]c(=O)nc3[nH]ccc23)c(=O)[nH]1.N#CCC(C1CCCC1)n1cc(-c2ncnc3[nH]c(O)c(O)c23)cn1.N#CCC(C1CCCC1)n1cc(-c2ncnc3[nH]c(O)cc23)c(=O)[nH]1. The molecule has 640 valence electrons. The molecule has 0 spiro atoms. The van der Waals surface area contributed by atoms with Crippen molar-refractivity contribution in [3.8, 4) is 116 Å². The maximum absolute atomic E-state index is 12.5. The summed E-state index contributed by atoms with van der Waals surface area (Å²) in [6.07, 6.45) is 44.5. The lowest BCUT2D eigenvalue weighted by molar-refractivity contribution is 0.313. The molecule has 40 nitrogen and oxygen atoms in total. The van der Waals surface area contributed by atoms with Crippen LogP contribution in [-0.2, 0) is 0 Å². The van der Waals surface area contributed by atoms with Gasteiger partial charge in [-0.25, -0.2) is 34.3 Å². The maximum Gasteiger partial charge on any atom is 0.347 e. The molecule has 125 heavy (non-hydrogen) atoms. The van der Waals surface area contributed by atoms with Crippen LogP contribution in [-0.4, -0.2) is 149 Å². The van der Waals surface area contributed by atoms with Crippen LogP contribution in [0.5, 0.6) is 29.1 Å². The van der Waals surface area contributed by atoms with E-state index in [0.29, 0.717) is 168 Å². The fraction of sp³-hybridized carbons (Fsp3) is 0.412. The number of aromatic hydroxyl groups is 5. The summed E-state index contributed by atoms with van der Waals surface area (Å²) in [6.45, 7) is 0. The van der Waals surface area contributed by atoms with E-state index >= 15 is 0 Å². The third kappa shape index (κ3) is 17.6. The van der Waals surface area contributed by atoms with Crippen LogP contribution >= 0.6 is 0 Å². The van der Waals surface area contributed by atoms with Crippen LogP contribution < -0.4 is 28.2 Å². The van der Waals surface area contributed by atoms with E-state index in [-0.39, 0.29) is 70.5 Å². The van der Waals surface area contributed by atoms with Crippen LogP contribution in [0.1, 0.15) is 191 Å². The monoisotopic (exact) mass is 1690 g/mol. The van der Waals surface area contributed by atoms with Crippen molar-refractivity contribution in [2.45, 2.75) is 191 Å². The predicted molar refractivity (Wildman–Crippen MR) is 454 cm³/mol. The summed E-state index contributed by atoms with van der Waals surface area (Å²) in [4.78, 5) is 110. The van der Waals surface area contributed by atoms with Crippen molar-refractivity contribution in [1.82, 2.24) is 124 Å². The Morgan fingerprint density at radius 3 is 1.34 bits per heavy atom. The molecule has 5 saturated carbocycles. The van der Waals surface area contributed by atoms with Crippen molar-refractivity contribution in [3.05, 3.63) is 145 Å². The first-order valence-electron chi connectivity index (χ1n) is 41.9. The van der Waals surface area contributed by atoms with Crippen molar-refractivity contribution >= 4 is 55.2 Å². The Morgan fingerprint density at radius 1 is 0.400 bits per heavy atom. The largest absolute Gasteiger partial charge is 0.506 e. The number of hydrogen-bond donors (Lipinski definition) is 15. The molecule has 20 rings (SSSR count).